The molecule has 11 heteroatoms. The topological polar surface area (TPSA) is 77.0 Å². The SMILES string of the molecule is O=C1[C@@H]2[C@@H]3C[C@H]([C@@H]2C(=O)N1CC1CCCCC1CN1CCN(c2nsc4ccccc24)CC1)[C@@](O)(C(F)(F)F)C3. The van der Waals surface area contributed by atoms with Crippen LogP contribution in [0.25, 0.3) is 10.1 Å². The number of carbonyl (C=O) groups excluding carboxylic acids is 2. The Morgan fingerprint density at radius 1 is 0.975 bits per heavy atom. The van der Waals surface area contributed by atoms with Crippen LogP contribution in [0.3, 0.4) is 0 Å². The summed E-state index contributed by atoms with van der Waals surface area (Å²) < 4.78 is 47.1. The molecule has 2 saturated heterocycles. The van der Waals surface area contributed by atoms with Crippen molar-refractivity contribution in [1.29, 1.82) is 0 Å². The average molecular weight is 577 g/mol. The summed E-state index contributed by atoms with van der Waals surface area (Å²) in [6.45, 7) is 4.81. The molecule has 3 saturated carbocycles. The van der Waals surface area contributed by atoms with E-state index in [2.05, 4.69) is 21.9 Å². The van der Waals surface area contributed by atoms with Crippen molar-refractivity contribution in [3.8, 4) is 0 Å². The van der Waals surface area contributed by atoms with Crippen molar-refractivity contribution < 1.29 is 27.9 Å². The Bertz CT molecular complexity index is 1310. The molecule has 2 amide bonds. The number of likely N-dealkylation sites (tertiary alicyclic amines) is 1. The zero-order valence-corrected chi connectivity index (χ0v) is 23.2. The third-order valence-electron chi connectivity index (χ3n) is 10.7. The van der Waals surface area contributed by atoms with Gasteiger partial charge in [0.2, 0.25) is 11.8 Å². The van der Waals surface area contributed by atoms with E-state index in [0.29, 0.717) is 12.5 Å². The van der Waals surface area contributed by atoms with Gasteiger partial charge >= 0.3 is 6.18 Å². The number of hydrogen-bond acceptors (Lipinski definition) is 7. The molecule has 3 heterocycles. The third-order valence-corrected chi connectivity index (χ3v) is 11.5. The van der Waals surface area contributed by atoms with Gasteiger partial charge < -0.3 is 10.0 Å². The standard InChI is InChI=1S/C29H35F3N4O3S/c30-29(31,32)28(39)14-19-13-21(28)24-23(19)26(37)36(27(24)38)16-18-6-2-1-5-17(18)15-34-9-11-35(12-10-34)25-20-7-3-4-8-22(20)40-33-25/h3-4,7-8,17-19,21,23-24,39H,1-2,5-6,9-16H2/t17?,18?,19-,21-,23-,24+,28-/m1/s1. The monoisotopic (exact) mass is 576 g/mol. The molecule has 0 radical (unpaired) electrons. The minimum atomic E-state index is -4.79. The molecule has 0 spiro atoms. The first-order valence-corrected chi connectivity index (χ1v) is 15.4. The van der Waals surface area contributed by atoms with Gasteiger partial charge in [-0.05, 0) is 67.1 Å². The number of carbonyl (C=O) groups is 2. The fraction of sp³-hybridized carbons (Fsp3) is 0.690. The molecule has 7 rings (SSSR count). The summed E-state index contributed by atoms with van der Waals surface area (Å²) in [5, 5.41) is 11.7. The van der Waals surface area contributed by atoms with E-state index in [9.17, 15) is 27.9 Å². The lowest BCUT2D eigenvalue weighted by Gasteiger charge is -2.40. The first-order valence-electron chi connectivity index (χ1n) is 14.6. The van der Waals surface area contributed by atoms with E-state index in [0.717, 1.165) is 64.2 Å². The molecule has 1 aromatic heterocycles. The van der Waals surface area contributed by atoms with Crippen LogP contribution < -0.4 is 4.90 Å². The third kappa shape index (κ3) is 4.09. The number of benzene rings is 1. The Balaban J connectivity index is 0.998. The average Bonchev–Trinajstić information content (AvgIpc) is 3.68. The van der Waals surface area contributed by atoms with Gasteiger partial charge in [-0.1, -0.05) is 25.0 Å². The van der Waals surface area contributed by atoms with Crippen LogP contribution >= 0.6 is 11.5 Å². The van der Waals surface area contributed by atoms with Gasteiger partial charge in [0.15, 0.2) is 5.60 Å². The van der Waals surface area contributed by atoms with Crippen LogP contribution in [0.4, 0.5) is 19.0 Å². The molecule has 1 N–H and O–H groups in total. The predicted molar refractivity (Wildman–Crippen MR) is 145 cm³/mol. The molecule has 2 aromatic rings. The van der Waals surface area contributed by atoms with Crippen molar-refractivity contribution in [2.45, 2.75) is 50.3 Å². The molecule has 5 fully saturated rings. The predicted octanol–water partition coefficient (Wildman–Crippen LogP) is 4.16. The number of aliphatic hydroxyl groups is 1. The highest BCUT2D eigenvalue weighted by Crippen LogP contribution is 2.64. The van der Waals surface area contributed by atoms with Crippen LogP contribution in [0.5, 0.6) is 0 Å². The van der Waals surface area contributed by atoms with Gasteiger partial charge in [0.25, 0.3) is 0 Å². The van der Waals surface area contributed by atoms with Gasteiger partial charge in [-0.2, -0.15) is 17.5 Å². The van der Waals surface area contributed by atoms with Crippen LogP contribution in [0, 0.1) is 35.5 Å². The normalized spacial score (nSPS) is 36.7. The number of piperazine rings is 1. The van der Waals surface area contributed by atoms with Gasteiger partial charge in [-0.25, -0.2) is 0 Å². The summed E-state index contributed by atoms with van der Waals surface area (Å²) in [6.07, 6.45) is -1.06. The number of fused-ring (bicyclic) bond motifs is 6. The van der Waals surface area contributed by atoms with Crippen molar-refractivity contribution in [3.63, 3.8) is 0 Å². The molecule has 2 bridgehead atoms. The number of imide groups is 1. The molecule has 7 nitrogen and oxygen atoms in total. The smallest absolute Gasteiger partial charge is 0.380 e. The van der Waals surface area contributed by atoms with Gasteiger partial charge in [0, 0.05) is 50.6 Å². The molecule has 40 heavy (non-hydrogen) atoms. The van der Waals surface area contributed by atoms with E-state index in [-0.39, 0.29) is 18.2 Å². The van der Waals surface area contributed by atoms with Crippen LogP contribution in [-0.4, -0.2) is 82.1 Å². The Hall–Kier alpha value is -2.24. The Morgan fingerprint density at radius 2 is 1.65 bits per heavy atom. The number of alkyl halides is 3. The first kappa shape index (κ1) is 26.6. The molecule has 2 unspecified atom stereocenters. The first-order chi connectivity index (χ1) is 19.2. The van der Waals surface area contributed by atoms with Gasteiger partial charge in [0.05, 0.1) is 16.5 Å². The molecular formula is C29H35F3N4O3S. The second kappa shape index (κ2) is 9.66. The lowest BCUT2D eigenvalue weighted by molar-refractivity contribution is -0.282. The fourth-order valence-corrected chi connectivity index (χ4v) is 9.44. The highest BCUT2D eigenvalue weighted by atomic mass is 32.1. The van der Waals surface area contributed by atoms with Crippen molar-refractivity contribution in [2.24, 2.45) is 35.5 Å². The van der Waals surface area contributed by atoms with E-state index >= 15 is 0 Å². The van der Waals surface area contributed by atoms with Crippen LogP contribution in [0.15, 0.2) is 24.3 Å². The maximum absolute atomic E-state index is 13.7. The molecule has 7 atom stereocenters. The van der Waals surface area contributed by atoms with Gasteiger partial charge in [-0.3, -0.25) is 19.4 Å². The quantitative estimate of drug-likeness (QED) is 0.539. The Morgan fingerprint density at radius 3 is 2.38 bits per heavy atom. The number of anilines is 1. The lowest BCUT2D eigenvalue weighted by atomic mass is 9.72. The Kier molecular flexibility index (Phi) is 6.43. The van der Waals surface area contributed by atoms with Crippen molar-refractivity contribution in [1.82, 2.24) is 14.2 Å². The number of rotatable bonds is 5. The highest BCUT2D eigenvalue weighted by molar-refractivity contribution is 7.13. The summed E-state index contributed by atoms with van der Waals surface area (Å²) in [6, 6.07) is 8.30. The summed E-state index contributed by atoms with van der Waals surface area (Å²) in [5.74, 6) is -2.76. The number of amides is 2. The summed E-state index contributed by atoms with van der Waals surface area (Å²) in [4.78, 5) is 32.9. The minimum Gasteiger partial charge on any atom is -0.380 e. The second-order valence-corrected chi connectivity index (χ2v) is 13.5. The van der Waals surface area contributed by atoms with Gasteiger partial charge in [-0.15, -0.1) is 0 Å². The second-order valence-electron chi connectivity index (χ2n) is 12.7. The van der Waals surface area contributed by atoms with Crippen molar-refractivity contribution >= 4 is 39.3 Å². The van der Waals surface area contributed by atoms with Crippen molar-refractivity contribution in [3.05, 3.63) is 24.3 Å². The van der Waals surface area contributed by atoms with Crippen LogP contribution in [0.2, 0.25) is 0 Å². The van der Waals surface area contributed by atoms with E-state index in [1.54, 1.807) is 0 Å². The zero-order valence-electron chi connectivity index (χ0n) is 22.4. The molecule has 2 aliphatic heterocycles. The lowest BCUT2D eigenvalue weighted by Crippen LogP contribution is -2.54. The summed E-state index contributed by atoms with van der Waals surface area (Å²) in [5.41, 5.74) is -2.86. The number of halogens is 3. The summed E-state index contributed by atoms with van der Waals surface area (Å²) in [7, 11) is 0. The maximum atomic E-state index is 13.7. The fourth-order valence-electron chi connectivity index (χ4n) is 8.65. The zero-order chi connectivity index (χ0) is 27.8. The van der Waals surface area contributed by atoms with Gasteiger partial charge in [0.1, 0.15) is 5.82 Å². The van der Waals surface area contributed by atoms with E-state index in [4.69, 9.17) is 4.37 Å². The number of aromatic nitrogens is 1. The number of hydrogen-bond donors (Lipinski definition) is 1. The van der Waals surface area contributed by atoms with E-state index in [1.165, 1.54) is 26.5 Å². The molecule has 1 aromatic carbocycles. The van der Waals surface area contributed by atoms with Crippen LogP contribution in [-0.2, 0) is 9.59 Å². The van der Waals surface area contributed by atoms with E-state index < -0.39 is 47.8 Å². The number of nitrogens with zero attached hydrogens (tertiary/aromatic N) is 4. The largest absolute Gasteiger partial charge is 0.417 e. The molecule has 216 valence electrons. The minimum absolute atomic E-state index is 0.103. The Labute approximate surface area is 235 Å². The molecular weight excluding hydrogens is 541 g/mol. The van der Waals surface area contributed by atoms with Crippen molar-refractivity contribution in [2.75, 3.05) is 44.2 Å². The molecule has 3 aliphatic carbocycles. The summed E-state index contributed by atoms with van der Waals surface area (Å²) >= 11 is 1.53. The highest BCUT2D eigenvalue weighted by Gasteiger charge is 2.74. The van der Waals surface area contributed by atoms with E-state index in [1.807, 2.05) is 12.1 Å². The van der Waals surface area contributed by atoms with Crippen LogP contribution in [0.1, 0.15) is 38.5 Å². The maximum Gasteiger partial charge on any atom is 0.417 e. The molecule has 5 aliphatic rings.